The van der Waals surface area contributed by atoms with E-state index in [2.05, 4.69) is 41.7 Å². The van der Waals surface area contributed by atoms with Crippen molar-refractivity contribution in [2.24, 2.45) is 0 Å². The fourth-order valence-electron chi connectivity index (χ4n) is 5.24. The zero-order valence-corrected chi connectivity index (χ0v) is 20.3. The third-order valence-corrected chi connectivity index (χ3v) is 7.31. The predicted molar refractivity (Wildman–Crippen MR) is 136 cm³/mol. The quantitative estimate of drug-likeness (QED) is 0.550. The van der Waals surface area contributed by atoms with E-state index in [-0.39, 0.29) is 17.7 Å². The Kier molecular flexibility index (Phi) is 6.89. The average molecular weight is 486 g/mol. The highest BCUT2D eigenvalue weighted by Gasteiger charge is 2.38. The summed E-state index contributed by atoms with van der Waals surface area (Å²) in [6.07, 6.45) is 4.38. The van der Waals surface area contributed by atoms with Crippen LogP contribution in [0.25, 0.3) is 11.1 Å². The summed E-state index contributed by atoms with van der Waals surface area (Å²) in [7, 11) is 0. The van der Waals surface area contributed by atoms with Crippen molar-refractivity contribution in [1.29, 1.82) is 0 Å². The van der Waals surface area contributed by atoms with Crippen molar-refractivity contribution in [2.45, 2.75) is 37.6 Å². The Morgan fingerprint density at radius 1 is 0.861 bits per heavy atom. The molecule has 2 saturated heterocycles. The van der Waals surface area contributed by atoms with Crippen LogP contribution in [0.15, 0.2) is 77.4 Å². The van der Waals surface area contributed by atoms with Crippen molar-refractivity contribution in [1.82, 2.24) is 15.1 Å². The SMILES string of the molecule is O=C1CCC(CCC(=O)N2CCN(C(=O)c3ccco3)CC2)(Cc2ccc(-c3ccccc3)cc2)N1. The second kappa shape index (κ2) is 10.4. The maximum atomic E-state index is 13.0. The lowest BCUT2D eigenvalue weighted by Crippen LogP contribution is -2.51. The van der Waals surface area contributed by atoms with Crippen LogP contribution in [-0.2, 0) is 16.0 Å². The number of rotatable bonds is 7. The lowest BCUT2D eigenvalue weighted by atomic mass is 9.84. The molecule has 3 heterocycles. The van der Waals surface area contributed by atoms with Gasteiger partial charge < -0.3 is 19.5 Å². The number of benzene rings is 2. The van der Waals surface area contributed by atoms with Gasteiger partial charge >= 0.3 is 0 Å². The molecular formula is C29H31N3O4. The summed E-state index contributed by atoms with van der Waals surface area (Å²) in [4.78, 5) is 41.2. The fraction of sp³-hybridized carbons (Fsp3) is 0.345. The van der Waals surface area contributed by atoms with Gasteiger partial charge in [0, 0.05) is 44.6 Å². The molecule has 2 aromatic carbocycles. The van der Waals surface area contributed by atoms with Gasteiger partial charge in [-0.25, -0.2) is 0 Å². The van der Waals surface area contributed by atoms with Crippen LogP contribution < -0.4 is 5.32 Å². The molecule has 1 aromatic heterocycles. The molecule has 0 spiro atoms. The number of carbonyl (C=O) groups excluding carboxylic acids is 3. The van der Waals surface area contributed by atoms with Crippen LogP contribution in [-0.4, -0.2) is 59.2 Å². The highest BCUT2D eigenvalue weighted by Crippen LogP contribution is 2.31. The van der Waals surface area contributed by atoms with Crippen LogP contribution in [0.5, 0.6) is 0 Å². The van der Waals surface area contributed by atoms with Gasteiger partial charge in [0.15, 0.2) is 5.76 Å². The average Bonchev–Trinajstić information content (AvgIpc) is 3.59. The Hall–Kier alpha value is -3.87. The molecule has 2 aliphatic heterocycles. The maximum Gasteiger partial charge on any atom is 0.289 e. The summed E-state index contributed by atoms with van der Waals surface area (Å²) in [6.45, 7) is 1.99. The molecule has 0 bridgehead atoms. The largest absolute Gasteiger partial charge is 0.459 e. The first-order valence-corrected chi connectivity index (χ1v) is 12.6. The highest BCUT2D eigenvalue weighted by molar-refractivity contribution is 5.91. The first kappa shape index (κ1) is 23.9. The van der Waals surface area contributed by atoms with Gasteiger partial charge in [-0.1, -0.05) is 54.6 Å². The zero-order valence-electron chi connectivity index (χ0n) is 20.3. The van der Waals surface area contributed by atoms with E-state index in [1.54, 1.807) is 17.0 Å². The van der Waals surface area contributed by atoms with E-state index < -0.39 is 5.54 Å². The van der Waals surface area contributed by atoms with Gasteiger partial charge in [0.25, 0.3) is 5.91 Å². The Morgan fingerprint density at radius 2 is 1.56 bits per heavy atom. The van der Waals surface area contributed by atoms with E-state index in [4.69, 9.17) is 4.42 Å². The van der Waals surface area contributed by atoms with Gasteiger partial charge in [-0.3, -0.25) is 14.4 Å². The topological polar surface area (TPSA) is 82.9 Å². The van der Waals surface area contributed by atoms with Crippen molar-refractivity contribution >= 4 is 17.7 Å². The molecule has 3 amide bonds. The van der Waals surface area contributed by atoms with E-state index in [0.717, 1.165) is 17.5 Å². The van der Waals surface area contributed by atoms with Crippen LogP contribution in [0.1, 0.15) is 41.8 Å². The highest BCUT2D eigenvalue weighted by atomic mass is 16.3. The number of hydrogen-bond donors (Lipinski definition) is 1. The molecular weight excluding hydrogens is 454 g/mol. The Balaban J connectivity index is 1.17. The summed E-state index contributed by atoms with van der Waals surface area (Å²) in [5.41, 5.74) is 3.07. The molecule has 2 fully saturated rings. The molecule has 0 radical (unpaired) electrons. The van der Waals surface area contributed by atoms with Crippen LogP contribution >= 0.6 is 0 Å². The first-order chi connectivity index (χ1) is 17.5. The molecule has 5 rings (SSSR count). The minimum Gasteiger partial charge on any atom is -0.459 e. The van der Waals surface area contributed by atoms with Gasteiger partial charge in [-0.2, -0.15) is 0 Å². The summed E-state index contributed by atoms with van der Waals surface area (Å²) >= 11 is 0. The third kappa shape index (κ3) is 5.35. The number of piperazine rings is 1. The van der Waals surface area contributed by atoms with E-state index in [0.29, 0.717) is 57.6 Å². The minimum absolute atomic E-state index is 0.0495. The summed E-state index contributed by atoms with van der Waals surface area (Å²) < 4.78 is 5.21. The Morgan fingerprint density at radius 3 is 2.19 bits per heavy atom. The molecule has 3 aromatic rings. The molecule has 1 N–H and O–H groups in total. The molecule has 0 saturated carbocycles. The molecule has 1 unspecified atom stereocenters. The standard InChI is InChI=1S/C29H31N3O4/c33-26-12-14-29(30-26,21-22-8-10-24(11-9-22)23-5-2-1-3-6-23)15-13-27(34)31-16-18-32(19-17-31)28(35)25-7-4-20-36-25/h1-11,20H,12-19,21H2,(H,30,33). The van der Waals surface area contributed by atoms with Gasteiger partial charge in [-0.05, 0) is 48.1 Å². The normalized spacial score (nSPS) is 19.8. The van der Waals surface area contributed by atoms with Gasteiger partial charge in [0.2, 0.25) is 11.8 Å². The molecule has 7 heteroatoms. The van der Waals surface area contributed by atoms with Crippen molar-refractivity contribution in [3.63, 3.8) is 0 Å². The Labute approximate surface area is 211 Å². The van der Waals surface area contributed by atoms with E-state index >= 15 is 0 Å². The molecule has 2 aliphatic rings. The van der Waals surface area contributed by atoms with Crippen molar-refractivity contribution in [3.8, 4) is 11.1 Å². The minimum atomic E-state index is -0.405. The predicted octanol–water partition coefficient (Wildman–Crippen LogP) is 3.90. The van der Waals surface area contributed by atoms with Gasteiger partial charge in [0.1, 0.15) is 0 Å². The molecule has 36 heavy (non-hydrogen) atoms. The smallest absolute Gasteiger partial charge is 0.289 e. The summed E-state index contributed by atoms with van der Waals surface area (Å²) in [5.74, 6) is 0.303. The first-order valence-electron chi connectivity index (χ1n) is 12.6. The van der Waals surface area contributed by atoms with Gasteiger partial charge in [-0.15, -0.1) is 0 Å². The summed E-state index contributed by atoms with van der Waals surface area (Å²) in [6, 6.07) is 22.1. The van der Waals surface area contributed by atoms with Crippen molar-refractivity contribution in [3.05, 3.63) is 84.3 Å². The molecule has 186 valence electrons. The molecule has 1 atom stereocenters. The van der Waals surface area contributed by atoms with Crippen LogP contribution in [0.3, 0.4) is 0 Å². The number of furan rings is 1. The van der Waals surface area contributed by atoms with Crippen molar-refractivity contribution in [2.75, 3.05) is 26.2 Å². The van der Waals surface area contributed by atoms with E-state index in [1.165, 1.54) is 11.8 Å². The number of nitrogens with zero attached hydrogens (tertiary/aromatic N) is 2. The third-order valence-electron chi connectivity index (χ3n) is 7.31. The van der Waals surface area contributed by atoms with Crippen LogP contribution in [0, 0.1) is 0 Å². The van der Waals surface area contributed by atoms with Crippen LogP contribution in [0.4, 0.5) is 0 Å². The Bertz CT molecular complexity index is 1200. The molecule has 0 aliphatic carbocycles. The number of nitrogens with one attached hydrogen (secondary N) is 1. The summed E-state index contributed by atoms with van der Waals surface area (Å²) in [5, 5.41) is 3.19. The lowest BCUT2D eigenvalue weighted by molar-refractivity contribution is -0.133. The maximum absolute atomic E-state index is 13.0. The second-order valence-corrected chi connectivity index (χ2v) is 9.72. The van der Waals surface area contributed by atoms with E-state index in [1.807, 2.05) is 23.1 Å². The fourth-order valence-corrected chi connectivity index (χ4v) is 5.24. The second-order valence-electron chi connectivity index (χ2n) is 9.72. The zero-order chi connectivity index (χ0) is 25.0. The monoisotopic (exact) mass is 485 g/mol. The number of amides is 3. The molecule has 7 nitrogen and oxygen atoms in total. The number of hydrogen-bond acceptors (Lipinski definition) is 4. The van der Waals surface area contributed by atoms with E-state index in [9.17, 15) is 14.4 Å². The number of carbonyl (C=O) groups is 3. The lowest BCUT2D eigenvalue weighted by Gasteiger charge is -2.35. The van der Waals surface area contributed by atoms with Gasteiger partial charge in [0.05, 0.1) is 6.26 Å². The van der Waals surface area contributed by atoms with Crippen LogP contribution in [0.2, 0.25) is 0 Å². The van der Waals surface area contributed by atoms with Crippen molar-refractivity contribution < 1.29 is 18.8 Å².